The second kappa shape index (κ2) is 8.13. The van der Waals surface area contributed by atoms with Gasteiger partial charge >= 0.3 is 6.18 Å². The van der Waals surface area contributed by atoms with Crippen molar-refractivity contribution in [2.75, 3.05) is 6.61 Å². The Balaban J connectivity index is 2.14. The van der Waals surface area contributed by atoms with E-state index in [-0.39, 0.29) is 13.2 Å². The van der Waals surface area contributed by atoms with Crippen molar-refractivity contribution in [3.63, 3.8) is 0 Å². The second-order valence-corrected chi connectivity index (χ2v) is 7.12. The van der Waals surface area contributed by atoms with Gasteiger partial charge in [-0.05, 0) is 54.5 Å². The second-order valence-electron chi connectivity index (χ2n) is 6.27. The zero-order chi connectivity index (χ0) is 20.5. The van der Waals surface area contributed by atoms with Crippen molar-refractivity contribution in [1.29, 1.82) is 0 Å². The van der Waals surface area contributed by atoms with Crippen LogP contribution in [0.15, 0.2) is 42.0 Å². The first-order valence-electron chi connectivity index (χ1n) is 8.14. The van der Waals surface area contributed by atoms with Gasteiger partial charge in [-0.15, -0.1) is 0 Å². The quantitative estimate of drug-likeness (QED) is 0.381. The molecule has 0 aliphatic rings. The summed E-state index contributed by atoms with van der Waals surface area (Å²) >= 11 is 12.1. The molecule has 0 amide bonds. The van der Waals surface area contributed by atoms with Crippen LogP contribution in [0.5, 0.6) is 0 Å². The molecule has 3 aromatic rings. The summed E-state index contributed by atoms with van der Waals surface area (Å²) in [5.41, 5.74) is 1.32. The summed E-state index contributed by atoms with van der Waals surface area (Å²) < 4.78 is 41.0. The van der Waals surface area contributed by atoms with Crippen LogP contribution in [-0.4, -0.2) is 21.6 Å². The Kier molecular flexibility index (Phi) is 6.00. The van der Waals surface area contributed by atoms with Crippen LogP contribution in [0.4, 0.5) is 13.2 Å². The van der Waals surface area contributed by atoms with E-state index >= 15 is 0 Å². The number of halogens is 5. The molecule has 9 heteroatoms. The number of aromatic nitrogens is 2. The van der Waals surface area contributed by atoms with Gasteiger partial charge in [0.15, 0.2) is 0 Å². The van der Waals surface area contributed by atoms with Gasteiger partial charge in [0.05, 0.1) is 23.3 Å². The molecule has 0 aliphatic heterocycles. The van der Waals surface area contributed by atoms with Crippen molar-refractivity contribution in [3.8, 4) is 0 Å². The molecule has 0 spiro atoms. The van der Waals surface area contributed by atoms with Crippen LogP contribution in [0, 0.1) is 0 Å². The SMILES string of the molecule is C/C(=C\c1nn(Cc2ccc(Cl)cc2Cl)c2cc(C(F)(F)F)ccc12)COO. The van der Waals surface area contributed by atoms with E-state index < -0.39 is 11.7 Å². The Morgan fingerprint density at radius 3 is 2.61 bits per heavy atom. The minimum Gasteiger partial charge on any atom is -0.260 e. The van der Waals surface area contributed by atoms with Gasteiger partial charge in [0.25, 0.3) is 0 Å². The maximum absolute atomic E-state index is 13.2. The van der Waals surface area contributed by atoms with Crippen molar-refractivity contribution < 1.29 is 23.3 Å². The molecule has 2 aromatic carbocycles. The molecule has 0 atom stereocenters. The lowest BCUT2D eigenvalue weighted by atomic mass is 10.1. The van der Waals surface area contributed by atoms with Gasteiger partial charge in [-0.2, -0.15) is 18.3 Å². The molecule has 28 heavy (non-hydrogen) atoms. The largest absolute Gasteiger partial charge is 0.416 e. The standard InChI is InChI=1S/C19H15Cl2F3N2O2/c1-11(10-28-27)6-17-15-5-3-13(19(22,23)24)7-18(15)26(25-17)9-12-2-4-14(20)8-16(12)21/h2-8,27H,9-10H2,1H3/b11-6+. The van der Waals surface area contributed by atoms with Crippen LogP contribution in [0.2, 0.25) is 10.0 Å². The van der Waals surface area contributed by atoms with Crippen LogP contribution in [0.3, 0.4) is 0 Å². The van der Waals surface area contributed by atoms with Gasteiger partial charge in [-0.25, -0.2) is 4.89 Å². The summed E-state index contributed by atoms with van der Waals surface area (Å²) in [6, 6.07) is 8.37. The highest BCUT2D eigenvalue weighted by atomic mass is 35.5. The van der Waals surface area contributed by atoms with E-state index in [9.17, 15) is 13.2 Å². The van der Waals surface area contributed by atoms with E-state index in [4.69, 9.17) is 28.5 Å². The molecular formula is C19H15Cl2F3N2O2. The zero-order valence-corrected chi connectivity index (χ0v) is 16.1. The Bertz CT molecular complexity index is 1050. The predicted molar refractivity (Wildman–Crippen MR) is 103 cm³/mol. The van der Waals surface area contributed by atoms with Gasteiger partial charge < -0.3 is 0 Å². The van der Waals surface area contributed by atoms with Crippen molar-refractivity contribution in [2.24, 2.45) is 0 Å². The Labute approximate surface area is 168 Å². The van der Waals surface area contributed by atoms with E-state index in [0.29, 0.717) is 37.8 Å². The first-order chi connectivity index (χ1) is 13.2. The minimum absolute atomic E-state index is 0.0437. The summed E-state index contributed by atoms with van der Waals surface area (Å²) in [4.78, 5) is 4.10. The highest BCUT2D eigenvalue weighted by Gasteiger charge is 2.31. The van der Waals surface area contributed by atoms with E-state index in [1.165, 1.54) is 10.7 Å². The molecule has 3 rings (SSSR count). The third kappa shape index (κ3) is 4.50. The summed E-state index contributed by atoms with van der Waals surface area (Å²) in [6.07, 6.45) is -2.83. The monoisotopic (exact) mass is 430 g/mol. The molecule has 0 fully saturated rings. The number of benzene rings is 2. The van der Waals surface area contributed by atoms with Crippen molar-refractivity contribution in [1.82, 2.24) is 9.78 Å². The van der Waals surface area contributed by atoms with E-state index in [0.717, 1.165) is 12.1 Å². The molecular weight excluding hydrogens is 416 g/mol. The topological polar surface area (TPSA) is 47.3 Å². The lowest BCUT2D eigenvalue weighted by Crippen LogP contribution is -2.06. The fourth-order valence-corrected chi connectivity index (χ4v) is 3.26. The van der Waals surface area contributed by atoms with E-state index in [2.05, 4.69) is 9.99 Å². The molecule has 0 radical (unpaired) electrons. The number of nitrogens with zero attached hydrogens (tertiary/aromatic N) is 2. The van der Waals surface area contributed by atoms with Gasteiger partial charge in [0.2, 0.25) is 0 Å². The van der Waals surface area contributed by atoms with Crippen molar-refractivity contribution >= 4 is 40.2 Å². The average molecular weight is 431 g/mol. The lowest BCUT2D eigenvalue weighted by Gasteiger charge is -2.09. The highest BCUT2D eigenvalue weighted by Crippen LogP contribution is 2.33. The first-order valence-corrected chi connectivity index (χ1v) is 8.90. The van der Waals surface area contributed by atoms with E-state index in [1.54, 1.807) is 31.2 Å². The van der Waals surface area contributed by atoms with Gasteiger partial charge in [0.1, 0.15) is 6.61 Å². The number of hydrogen-bond acceptors (Lipinski definition) is 3. The average Bonchev–Trinajstić information content (AvgIpc) is 2.94. The molecule has 4 nitrogen and oxygen atoms in total. The molecule has 0 aliphatic carbocycles. The maximum atomic E-state index is 13.2. The smallest absolute Gasteiger partial charge is 0.260 e. The molecule has 0 bridgehead atoms. The number of rotatable bonds is 5. The van der Waals surface area contributed by atoms with Crippen LogP contribution >= 0.6 is 23.2 Å². The normalized spacial score (nSPS) is 12.8. The lowest BCUT2D eigenvalue weighted by molar-refractivity contribution is -0.233. The summed E-state index contributed by atoms with van der Waals surface area (Å²) in [5.74, 6) is 0. The van der Waals surface area contributed by atoms with Crippen molar-refractivity contribution in [3.05, 3.63) is 68.8 Å². The van der Waals surface area contributed by atoms with Gasteiger partial charge in [-0.1, -0.05) is 29.3 Å². The highest BCUT2D eigenvalue weighted by molar-refractivity contribution is 6.35. The molecule has 1 aromatic heterocycles. The van der Waals surface area contributed by atoms with Crippen molar-refractivity contribution in [2.45, 2.75) is 19.6 Å². The third-order valence-electron chi connectivity index (χ3n) is 4.12. The predicted octanol–water partition coefficient (Wildman–Crippen LogP) is 6.30. The zero-order valence-electron chi connectivity index (χ0n) is 14.6. The Morgan fingerprint density at radius 1 is 1.21 bits per heavy atom. The van der Waals surface area contributed by atoms with Gasteiger partial charge in [-0.3, -0.25) is 9.94 Å². The number of hydrogen-bond donors (Lipinski definition) is 1. The minimum atomic E-state index is -4.47. The Hall–Kier alpha value is -2.06. The summed E-state index contributed by atoms with van der Waals surface area (Å²) in [7, 11) is 0. The maximum Gasteiger partial charge on any atom is 0.416 e. The molecule has 1 N–H and O–H groups in total. The van der Waals surface area contributed by atoms with Crippen LogP contribution < -0.4 is 0 Å². The summed E-state index contributed by atoms with van der Waals surface area (Å²) in [5, 5.41) is 14.4. The molecule has 0 unspecified atom stereocenters. The van der Waals surface area contributed by atoms with Crippen LogP contribution in [0.25, 0.3) is 17.0 Å². The summed E-state index contributed by atoms with van der Waals surface area (Å²) in [6.45, 7) is 1.83. The number of fused-ring (bicyclic) bond motifs is 1. The molecule has 1 heterocycles. The van der Waals surface area contributed by atoms with Gasteiger partial charge in [0, 0.05) is 15.4 Å². The third-order valence-corrected chi connectivity index (χ3v) is 4.71. The first kappa shape index (κ1) is 20.7. The molecule has 148 valence electrons. The van der Waals surface area contributed by atoms with Crippen LogP contribution in [0.1, 0.15) is 23.7 Å². The number of alkyl halides is 3. The fraction of sp³-hybridized carbons (Fsp3) is 0.211. The Morgan fingerprint density at radius 2 is 1.96 bits per heavy atom. The molecule has 0 saturated carbocycles. The molecule has 0 saturated heterocycles. The van der Waals surface area contributed by atoms with E-state index in [1.807, 2.05) is 0 Å². The fourth-order valence-electron chi connectivity index (χ4n) is 2.79. The van der Waals surface area contributed by atoms with Crippen LogP contribution in [-0.2, 0) is 17.6 Å².